The van der Waals surface area contributed by atoms with Crippen LogP contribution in [0.2, 0.25) is 0 Å². The van der Waals surface area contributed by atoms with E-state index in [1.807, 2.05) is 0 Å². The lowest BCUT2D eigenvalue weighted by molar-refractivity contribution is -0.137. The number of hydrogen-bond acceptors (Lipinski definition) is 8. The molecule has 9 nitrogen and oxygen atoms in total. The lowest BCUT2D eigenvalue weighted by Gasteiger charge is -2.17. The number of benzene rings is 2. The van der Waals surface area contributed by atoms with Crippen molar-refractivity contribution in [3.05, 3.63) is 54.8 Å². The molecule has 0 unspecified atom stereocenters. The number of methoxy groups -OCH3 is 4. The molecule has 33 heavy (non-hydrogen) atoms. The second kappa shape index (κ2) is 12.0. The molecule has 2 N–H and O–H groups in total. The molecule has 0 aliphatic heterocycles. The van der Waals surface area contributed by atoms with Crippen LogP contribution in [0.15, 0.2) is 49.2 Å². The monoisotopic (exact) mass is 456 g/mol. The summed E-state index contributed by atoms with van der Waals surface area (Å²) >= 11 is 0. The molecule has 0 fully saturated rings. The Balaban J connectivity index is 2.26. The maximum Gasteiger partial charge on any atom is 0.332 e. The van der Waals surface area contributed by atoms with Crippen LogP contribution in [0, 0.1) is 0 Å². The van der Waals surface area contributed by atoms with Crippen LogP contribution in [-0.2, 0) is 14.3 Å². The molecule has 0 spiro atoms. The SMILES string of the molecule is C=C(C(=O)Nc1ccc(OC)c(N/C=C/C(=O)OCC)c1)c1c(OC)cc(OC)cc1OC. The fraction of sp³-hybridized carbons (Fsp3) is 0.250. The van der Waals surface area contributed by atoms with Gasteiger partial charge in [-0.3, -0.25) is 4.79 Å². The number of hydrogen-bond donors (Lipinski definition) is 2. The van der Waals surface area contributed by atoms with Crippen molar-refractivity contribution in [1.82, 2.24) is 0 Å². The number of rotatable bonds is 11. The summed E-state index contributed by atoms with van der Waals surface area (Å²) in [4.78, 5) is 24.4. The van der Waals surface area contributed by atoms with Gasteiger partial charge in [-0.25, -0.2) is 4.79 Å². The predicted molar refractivity (Wildman–Crippen MR) is 126 cm³/mol. The van der Waals surface area contributed by atoms with Crippen LogP contribution in [0.1, 0.15) is 12.5 Å². The minimum atomic E-state index is -0.480. The van der Waals surface area contributed by atoms with Crippen LogP contribution in [0.4, 0.5) is 11.4 Å². The van der Waals surface area contributed by atoms with Crippen LogP contribution in [0.3, 0.4) is 0 Å². The van der Waals surface area contributed by atoms with Gasteiger partial charge in [-0.2, -0.15) is 0 Å². The van der Waals surface area contributed by atoms with Gasteiger partial charge >= 0.3 is 5.97 Å². The third-order valence-corrected chi connectivity index (χ3v) is 4.49. The van der Waals surface area contributed by atoms with Crippen molar-refractivity contribution in [2.75, 3.05) is 45.7 Å². The van der Waals surface area contributed by atoms with Gasteiger partial charge in [0, 0.05) is 35.7 Å². The predicted octanol–water partition coefficient (Wildman–Crippen LogP) is 3.86. The average Bonchev–Trinajstić information content (AvgIpc) is 2.82. The van der Waals surface area contributed by atoms with Crippen molar-refractivity contribution in [3.8, 4) is 23.0 Å². The fourth-order valence-corrected chi connectivity index (χ4v) is 2.91. The zero-order chi connectivity index (χ0) is 24.4. The highest BCUT2D eigenvalue weighted by molar-refractivity contribution is 6.26. The van der Waals surface area contributed by atoms with E-state index in [2.05, 4.69) is 17.2 Å². The Bertz CT molecular complexity index is 1020. The highest BCUT2D eigenvalue weighted by Gasteiger charge is 2.21. The summed E-state index contributed by atoms with van der Waals surface area (Å²) in [6, 6.07) is 8.28. The van der Waals surface area contributed by atoms with Gasteiger partial charge in [-0.1, -0.05) is 6.58 Å². The fourth-order valence-electron chi connectivity index (χ4n) is 2.91. The van der Waals surface area contributed by atoms with E-state index < -0.39 is 11.9 Å². The molecular formula is C24H28N2O7. The van der Waals surface area contributed by atoms with Gasteiger partial charge in [0.25, 0.3) is 5.91 Å². The van der Waals surface area contributed by atoms with E-state index in [9.17, 15) is 9.59 Å². The molecule has 2 aromatic carbocycles. The molecule has 0 bridgehead atoms. The van der Waals surface area contributed by atoms with Crippen molar-refractivity contribution in [2.24, 2.45) is 0 Å². The third-order valence-electron chi connectivity index (χ3n) is 4.49. The second-order valence-corrected chi connectivity index (χ2v) is 6.48. The van der Waals surface area contributed by atoms with Crippen LogP contribution in [0.25, 0.3) is 5.57 Å². The molecule has 1 amide bonds. The van der Waals surface area contributed by atoms with Crippen LogP contribution < -0.4 is 29.6 Å². The Kier molecular flexibility index (Phi) is 9.17. The number of carbonyl (C=O) groups is 2. The molecule has 0 aliphatic rings. The number of nitrogens with one attached hydrogen (secondary N) is 2. The van der Waals surface area contributed by atoms with Gasteiger partial charge in [0.2, 0.25) is 0 Å². The number of amides is 1. The molecule has 0 saturated carbocycles. The van der Waals surface area contributed by atoms with Crippen molar-refractivity contribution >= 4 is 28.8 Å². The summed E-state index contributed by atoms with van der Waals surface area (Å²) in [5.41, 5.74) is 1.54. The van der Waals surface area contributed by atoms with Crippen LogP contribution in [0.5, 0.6) is 23.0 Å². The number of esters is 1. The van der Waals surface area contributed by atoms with Crippen molar-refractivity contribution in [3.63, 3.8) is 0 Å². The van der Waals surface area contributed by atoms with Gasteiger partial charge in [0.15, 0.2) is 0 Å². The Labute approximate surface area is 192 Å². The van der Waals surface area contributed by atoms with Gasteiger partial charge in [0.1, 0.15) is 23.0 Å². The second-order valence-electron chi connectivity index (χ2n) is 6.48. The largest absolute Gasteiger partial charge is 0.496 e. The van der Waals surface area contributed by atoms with Crippen molar-refractivity contribution in [2.45, 2.75) is 6.92 Å². The smallest absolute Gasteiger partial charge is 0.332 e. The number of anilines is 2. The molecule has 2 rings (SSSR count). The summed E-state index contributed by atoms with van der Waals surface area (Å²) < 4.78 is 26.2. The molecule has 0 aromatic heterocycles. The van der Waals surface area contributed by atoms with Gasteiger partial charge in [-0.15, -0.1) is 0 Å². The van der Waals surface area contributed by atoms with Crippen LogP contribution in [-0.4, -0.2) is 46.9 Å². The summed E-state index contributed by atoms with van der Waals surface area (Å²) in [6.45, 7) is 5.92. The van der Waals surface area contributed by atoms with Gasteiger partial charge in [0.05, 0.1) is 46.3 Å². The number of ether oxygens (including phenoxy) is 5. The van der Waals surface area contributed by atoms with Gasteiger partial charge < -0.3 is 34.3 Å². The van der Waals surface area contributed by atoms with Gasteiger partial charge in [-0.05, 0) is 25.1 Å². The molecule has 0 heterocycles. The lowest BCUT2D eigenvalue weighted by atomic mass is 10.0. The first kappa shape index (κ1) is 25.1. The van der Waals surface area contributed by atoms with Crippen molar-refractivity contribution in [1.29, 1.82) is 0 Å². The van der Waals surface area contributed by atoms with E-state index in [0.717, 1.165) is 0 Å². The quantitative estimate of drug-likeness (QED) is 0.388. The summed E-state index contributed by atoms with van der Waals surface area (Å²) in [5.74, 6) is 0.850. The van der Waals surface area contributed by atoms with E-state index in [0.29, 0.717) is 39.9 Å². The van der Waals surface area contributed by atoms with E-state index in [1.165, 1.54) is 40.7 Å². The zero-order valence-electron chi connectivity index (χ0n) is 19.3. The molecule has 0 radical (unpaired) electrons. The van der Waals surface area contributed by atoms with E-state index in [-0.39, 0.29) is 12.2 Å². The summed E-state index contributed by atoms with van der Waals surface area (Å²) in [6.07, 6.45) is 2.67. The topological polar surface area (TPSA) is 104 Å². The number of carbonyl (C=O) groups excluding carboxylic acids is 2. The minimum absolute atomic E-state index is 0.138. The normalized spacial score (nSPS) is 10.3. The maximum absolute atomic E-state index is 13.0. The van der Waals surface area contributed by atoms with E-state index in [1.54, 1.807) is 37.3 Å². The molecule has 9 heteroatoms. The first-order valence-corrected chi connectivity index (χ1v) is 9.96. The summed E-state index contributed by atoms with van der Waals surface area (Å²) in [5, 5.41) is 5.73. The first-order valence-electron chi connectivity index (χ1n) is 9.96. The Morgan fingerprint density at radius 3 is 2.12 bits per heavy atom. The zero-order valence-corrected chi connectivity index (χ0v) is 19.3. The first-order chi connectivity index (χ1) is 15.9. The molecule has 0 aliphatic carbocycles. The lowest BCUT2D eigenvalue weighted by Crippen LogP contribution is -2.14. The molecule has 0 atom stereocenters. The molecule has 176 valence electrons. The third kappa shape index (κ3) is 6.42. The standard InChI is InChI=1S/C24H28N2O7/c1-7-33-22(27)10-11-25-18-12-16(8-9-19(18)30-4)26-24(28)15(2)23-20(31-5)13-17(29-3)14-21(23)32-6/h8-14,25H,2,7H2,1,3-6H3,(H,26,28)/b11-10+. The molecule has 2 aromatic rings. The average molecular weight is 456 g/mol. The highest BCUT2D eigenvalue weighted by Crippen LogP contribution is 2.39. The van der Waals surface area contributed by atoms with Crippen LogP contribution >= 0.6 is 0 Å². The van der Waals surface area contributed by atoms with E-state index in [4.69, 9.17) is 23.7 Å². The van der Waals surface area contributed by atoms with E-state index >= 15 is 0 Å². The Morgan fingerprint density at radius 1 is 0.939 bits per heavy atom. The summed E-state index contributed by atoms with van der Waals surface area (Å²) in [7, 11) is 5.99. The Morgan fingerprint density at radius 2 is 1.58 bits per heavy atom. The Hall–Kier alpha value is -4.14. The molecular weight excluding hydrogens is 428 g/mol. The maximum atomic E-state index is 13.0. The minimum Gasteiger partial charge on any atom is -0.496 e. The van der Waals surface area contributed by atoms with Crippen molar-refractivity contribution < 1.29 is 33.3 Å². The molecule has 0 saturated heterocycles. The highest BCUT2D eigenvalue weighted by atomic mass is 16.5.